The number of benzene rings is 1. The Morgan fingerprint density at radius 1 is 1.37 bits per heavy atom. The summed E-state index contributed by atoms with van der Waals surface area (Å²) in [5, 5.41) is 2.08. The van der Waals surface area contributed by atoms with Gasteiger partial charge in [-0.2, -0.15) is 0 Å². The molecule has 0 radical (unpaired) electrons. The van der Waals surface area contributed by atoms with Crippen LogP contribution in [0.5, 0.6) is 5.75 Å². The second kappa shape index (κ2) is 6.65. The first-order valence-electron chi connectivity index (χ1n) is 6.14. The van der Waals surface area contributed by atoms with E-state index in [1.54, 1.807) is 18.4 Å². The third-order valence-corrected chi connectivity index (χ3v) is 3.57. The zero-order valence-corrected chi connectivity index (χ0v) is 12.1. The molecule has 102 valence electrons. The van der Waals surface area contributed by atoms with Gasteiger partial charge in [-0.05, 0) is 18.7 Å². The van der Waals surface area contributed by atoms with Crippen molar-refractivity contribution in [2.24, 2.45) is 5.73 Å². The van der Waals surface area contributed by atoms with Gasteiger partial charge >= 0.3 is 0 Å². The van der Waals surface area contributed by atoms with Gasteiger partial charge in [0.05, 0.1) is 18.3 Å². The fourth-order valence-corrected chi connectivity index (χ4v) is 2.57. The van der Waals surface area contributed by atoms with Gasteiger partial charge in [0.25, 0.3) is 0 Å². The molecule has 0 fully saturated rings. The van der Waals surface area contributed by atoms with Crippen molar-refractivity contribution in [3.8, 4) is 5.75 Å². The fourth-order valence-electron chi connectivity index (χ4n) is 2.02. The van der Waals surface area contributed by atoms with Crippen molar-refractivity contribution in [2.45, 2.75) is 19.6 Å². The molecule has 0 spiro atoms. The van der Waals surface area contributed by atoms with Crippen LogP contribution in [0.25, 0.3) is 0 Å². The summed E-state index contributed by atoms with van der Waals surface area (Å²) in [5.41, 5.74) is 10.9. The number of hydrogen-bond donors (Lipinski definition) is 1. The molecular formula is C14H19N3OS. The Morgan fingerprint density at radius 3 is 2.84 bits per heavy atom. The topological polar surface area (TPSA) is 51.4 Å². The van der Waals surface area contributed by atoms with Crippen molar-refractivity contribution in [3.63, 3.8) is 0 Å². The van der Waals surface area contributed by atoms with Crippen molar-refractivity contribution in [3.05, 3.63) is 45.9 Å². The molecule has 0 saturated heterocycles. The molecule has 4 nitrogen and oxygen atoms in total. The van der Waals surface area contributed by atoms with Crippen LogP contribution >= 0.6 is 11.3 Å². The van der Waals surface area contributed by atoms with Crippen LogP contribution in [0.3, 0.4) is 0 Å². The molecule has 0 amide bonds. The van der Waals surface area contributed by atoms with Crippen LogP contribution in [0.1, 0.15) is 16.8 Å². The molecule has 5 heteroatoms. The van der Waals surface area contributed by atoms with E-state index in [2.05, 4.69) is 34.4 Å². The van der Waals surface area contributed by atoms with Crippen LogP contribution in [0.2, 0.25) is 0 Å². The molecule has 2 rings (SSSR count). The predicted molar refractivity (Wildman–Crippen MR) is 78.2 cm³/mol. The minimum atomic E-state index is 0.498. The molecule has 0 unspecified atom stereocenters. The Balaban J connectivity index is 2.02. The number of aromatic nitrogens is 1. The first kappa shape index (κ1) is 14.0. The van der Waals surface area contributed by atoms with E-state index >= 15 is 0 Å². The average molecular weight is 277 g/mol. The Bertz CT molecular complexity index is 513. The number of rotatable bonds is 6. The highest BCUT2D eigenvalue weighted by atomic mass is 32.1. The van der Waals surface area contributed by atoms with Crippen LogP contribution in [-0.2, 0) is 19.6 Å². The molecule has 2 aromatic rings. The van der Waals surface area contributed by atoms with Gasteiger partial charge < -0.3 is 10.5 Å². The Hall–Kier alpha value is -1.43. The molecule has 0 aliphatic heterocycles. The zero-order valence-electron chi connectivity index (χ0n) is 11.3. The van der Waals surface area contributed by atoms with Crippen LogP contribution < -0.4 is 10.5 Å². The van der Waals surface area contributed by atoms with E-state index in [1.807, 2.05) is 11.6 Å². The number of methoxy groups -OCH3 is 1. The normalized spacial score (nSPS) is 10.9. The van der Waals surface area contributed by atoms with Crippen molar-refractivity contribution >= 4 is 11.3 Å². The van der Waals surface area contributed by atoms with E-state index in [0.29, 0.717) is 6.54 Å². The zero-order chi connectivity index (χ0) is 13.7. The molecule has 1 aromatic heterocycles. The molecule has 0 aliphatic rings. The molecule has 0 bridgehead atoms. The number of ether oxygens (including phenoxy) is 1. The second-order valence-electron chi connectivity index (χ2n) is 4.50. The average Bonchev–Trinajstić information content (AvgIpc) is 2.91. The highest BCUT2D eigenvalue weighted by molar-refractivity contribution is 7.07. The molecule has 0 saturated carbocycles. The summed E-state index contributed by atoms with van der Waals surface area (Å²) in [6, 6.07) is 6.19. The summed E-state index contributed by atoms with van der Waals surface area (Å²) < 4.78 is 5.36. The lowest BCUT2D eigenvalue weighted by molar-refractivity contribution is 0.315. The summed E-state index contributed by atoms with van der Waals surface area (Å²) in [6.07, 6.45) is 0. The lowest BCUT2D eigenvalue weighted by Crippen LogP contribution is -2.17. The Morgan fingerprint density at radius 2 is 2.21 bits per heavy atom. The van der Waals surface area contributed by atoms with E-state index in [0.717, 1.165) is 30.1 Å². The fraction of sp³-hybridized carbons (Fsp3) is 0.357. The van der Waals surface area contributed by atoms with E-state index in [9.17, 15) is 0 Å². The maximum atomic E-state index is 5.67. The first-order valence-corrected chi connectivity index (χ1v) is 7.08. The van der Waals surface area contributed by atoms with Crippen LogP contribution in [0.4, 0.5) is 0 Å². The van der Waals surface area contributed by atoms with Gasteiger partial charge in [0.1, 0.15) is 5.75 Å². The number of nitrogens with zero attached hydrogens (tertiary/aromatic N) is 2. The van der Waals surface area contributed by atoms with E-state index in [-0.39, 0.29) is 0 Å². The summed E-state index contributed by atoms with van der Waals surface area (Å²) in [6.45, 7) is 2.21. The van der Waals surface area contributed by atoms with Crippen molar-refractivity contribution < 1.29 is 4.74 Å². The van der Waals surface area contributed by atoms with E-state index in [4.69, 9.17) is 10.5 Å². The van der Waals surface area contributed by atoms with Crippen LogP contribution in [0.15, 0.2) is 29.1 Å². The Kier molecular flexibility index (Phi) is 4.90. The maximum absolute atomic E-state index is 5.67. The molecule has 1 aromatic carbocycles. The minimum Gasteiger partial charge on any atom is -0.496 e. The third-order valence-electron chi connectivity index (χ3n) is 2.94. The molecule has 0 atom stereocenters. The molecule has 19 heavy (non-hydrogen) atoms. The number of nitrogens with two attached hydrogens (primary N) is 1. The lowest BCUT2D eigenvalue weighted by Gasteiger charge is -2.16. The summed E-state index contributed by atoms with van der Waals surface area (Å²) in [5.74, 6) is 0.863. The maximum Gasteiger partial charge on any atom is 0.123 e. The first-order chi connectivity index (χ1) is 9.22. The van der Waals surface area contributed by atoms with Gasteiger partial charge in [-0.1, -0.05) is 12.1 Å². The molecule has 0 aliphatic carbocycles. The molecule has 1 heterocycles. The summed E-state index contributed by atoms with van der Waals surface area (Å²) in [7, 11) is 3.76. The van der Waals surface area contributed by atoms with Gasteiger partial charge in [-0.25, -0.2) is 4.98 Å². The molecular weight excluding hydrogens is 258 g/mol. The van der Waals surface area contributed by atoms with Gasteiger partial charge in [-0.3, -0.25) is 4.90 Å². The van der Waals surface area contributed by atoms with Gasteiger partial charge in [0.2, 0.25) is 0 Å². The number of thiazole rings is 1. The number of hydrogen-bond acceptors (Lipinski definition) is 5. The highest BCUT2D eigenvalue weighted by Gasteiger charge is 2.06. The van der Waals surface area contributed by atoms with Crippen LogP contribution in [-0.4, -0.2) is 24.0 Å². The largest absolute Gasteiger partial charge is 0.496 e. The SMILES string of the molecule is COc1cc(CN(C)Cc2cscn2)ccc1CN. The quantitative estimate of drug-likeness (QED) is 0.880. The smallest absolute Gasteiger partial charge is 0.123 e. The van der Waals surface area contributed by atoms with E-state index in [1.165, 1.54) is 5.56 Å². The Labute approximate surface area is 117 Å². The summed E-state index contributed by atoms with van der Waals surface area (Å²) in [4.78, 5) is 6.52. The standard InChI is InChI=1S/C14H19N3OS/c1-17(8-13-9-19-10-16-13)7-11-3-4-12(6-15)14(5-11)18-2/h3-5,9-10H,6-8,15H2,1-2H3. The lowest BCUT2D eigenvalue weighted by atomic mass is 10.1. The van der Waals surface area contributed by atoms with Crippen molar-refractivity contribution in [1.29, 1.82) is 0 Å². The van der Waals surface area contributed by atoms with Crippen LogP contribution in [0, 0.1) is 0 Å². The van der Waals surface area contributed by atoms with Crippen molar-refractivity contribution in [2.75, 3.05) is 14.2 Å². The van der Waals surface area contributed by atoms with Crippen molar-refractivity contribution in [1.82, 2.24) is 9.88 Å². The van der Waals surface area contributed by atoms with Gasteiger partial charge in [0.15, 0.2) is 0 Å². The van der Waals surface area contributed by atoms with Gasteiger partial charge in [0, 0.05) is 30.6 Å². The monoisotopic (exact) mass is 277 g/mol. The molecule has 2 N–H and O–H groups in total. The minimum absolute atomic E-state index is 0.498. The summed E-state index contributed by atoms with van der Waals surface area (Å²) >= 11 is 1.63. The van der Waals surface area contributed by atoms with Gasteiger partial charge in [-0.15, -0.1) is 11.3 Å². The predicted octanol–water partition coefficient (Wildman–Crippen LogP) is 2.24. The second-order valence-corrected chi connectivity index (χ2v) is 5.22. The van der Waals surface area contributed by atoms with E-state index < -0.39 is 0 Å². The highest BCUT2D eigenvalue weighted by Crippen LogP contribution is 2.20. The third kappa shape index (κ3) is 3.76.